The van der Waals surface area contributed by atoms with E-state index in [4.69, 9.17) is 11.6 Å². The Hall–Kier alpha value is -2.40. The smallest absolute Gasteiger partial charge is 0.206 e. The van der Waals surface area contributed by atoms with Gasteiger partial charge in [-0.25, -0.2) is 0 Å². The van der Waals surface area contributed by atoms with Crippen molar-refractivity contribution in [1.82, 2.24) is 25.6 Å². The predicted molar refractivity (Wildman–Crippen MR) is 78.7 cm³/mol. The lowest BCUT2D eigenvalue weighted by Gasteiger charge is -1.98. The van der Waals surface area contributed by atoms with Crippen LogP contribution in [0.1, 0.15) is 5.56 Å². The molecule has 4 rings (SSSR count). The van der Waals surface area contributed by atoms with E-state index in [9.17, 15) is 0 Å². The molecule has 0 fully saturated rings. The molecule has 2 N–H and O–H groups in total. The lowest BCUT2D eigenvalue weighted by atomic mass is 10.1. The number of hydrogen-bond donors (Lipinski definition) is 2. The maximum absolute atomic E-state index is 6.19. The van der Waals surface area contributed by atoms with Crippen molar-refractivity contribution in [2.24, 2.45) is 0 Å². The summed E-state index contributed by atoms with van der Waals surface area (Å²) in [5.74, 6) is 0.575. The molecular formula is C14H10ClN5. The molecule has 98 valence electrons. The van der Waals surface area contributed by atoms with Gasteiger partial charge in [-0.2, -0.15) is 5.21 Å². The van der Waals surface area contributed by atoms with Crippen LogP contribution in [0, 0.1) is 6.92 Å². The van der Waals surface area contributed by atoms with Gasteiger partial charge >= 0.3 is 0 Å². The molecule has 5 nitrogen and oxygen atoms in total. The fourth-order valence-electron chi connectivity index (χ4n) is 2.57. The Balaban J connectivity index is 2.17. The van der Waals surface area contributed by atoms with Gasteiger partial charge in [0.25, 0.3) is 0 Å². The van der Waals surface area contributed by atoms with Crippen LogP contribution in [0.15, 0.2) is 30.3 Å². The zero-order chi connectivity index (χ0) is 13.7. The van der Waals surface area contributed by atoms with Gasteiger partial charge < -0.3 is 4.98 Å². The molecule has 0 aliphatic heterocycles. The third-order valence-electron chi connectivity index (χ3n) is 3.59. The molecule has 20 heavy (non-hydrogen) atoms. The Morgan fingerprint density at radius 1 is 1.05 bits per heavy atom. The first-order chi connectivity index (χ1) is 9.75. The Morgan fingerprint density at radius 2 is 1.90 bits per heavy atom. The van der Waals surface area contributed by atoms with Gasteiger partial charge in [-0.05, 0) is 29.8 Å². The molecule has 0 atom stereocenters. The highest BCUT2D eigenvalue weighted by molar-refractivity contribution is 6.32. The molecule has 0 radical (unpaired) electrons. The second-order valence-electron chi connectivity index (χ2n) is 4.68. The monoisotopic (exact) mass is 283 g/mol. The van der Waals surface area contributed by atoms with Gasteiger partial charge in [0.15, 0.2) is 0 Å². The summed E-state index contributed by atoms with van der Waals surface area (Å²) < 4.78 is 0. The number of aromatic nitrogens is 5. The third kappa shape index (κ3) is 1.47. The van der Waals surface area contributed by atoms with Crippen molar-refractivity contribution in [3.05, 3.63) is 40.9 Å². The number of rotatable bonds is 1. The first-order valence-corrected chi connectivity index (χ1v) is 6.57. The molecule has 4 aromatic rings. The van der Waals surface area contributed by atoms with Crippen molar-refractivity contribution < 1.29 is 0 Å². The summed E-state index contributed by atoms with van der Waals surface area (Å²) >= 11 is 6.19. The Labute approximate surface area is 119 Å². The van der Waals surface area contributed by atoms with Crippen LogP contribution in [0.3, 0.4) is 0 Å². The fourth-order valence-corrected chi connectivity index (χ4v) is 2.73. The van der Waals surface area contributed by atoms with E-state index in [1.165, 1.54) is 0 Å². The van der Waals surface area contributed by atoms with Crippen molar-refractivity contribution in [3.63, 3.8) is 0 Å². The molecule has 0 spiro atoms. The van der Waals surface area contributed by atoms with Crippen LogP contribution in [-0.4, -0.2) is 25.6 Å². The standard InChI is InChI=1S/C14H10ClN5/c1-7-11(15)6-5-9-8-3-2-4-10(13(8)16-12(7)9)14-17-19-20-18-14/h2-6,16H,1H3,(H,17,18,19,20). The summed E-state index contributed by atoms with van der Waals surface area (Å²) in [6.07, 6.45) is 0. The quantitative estimate of drug-likeness (QED) is 0.562. The van der Waals surface area contributed by atoms with E-state index in [2.05, 4.69) is 31.7 Å². The summed E-state index contributed by atoms with van der Waals surface area (Å²) in [4.78, 5) is 3.44. The molecule has 0 unspecified atom stereocenters. The average Bonchev–Trinajstić information content (AvgIpc) is 3.10. The second-order valence-corrected chi connectivity index (χ2v) is 5.09. The molecule has 2 aromatic carbocycles. The van der Waals surface area contributed by atoms with Gasteiger partial charge in [0.05, 0.1) is 11.0 Å². The van der Waals surface area contributed by atoms with Crippen LogP contribution < -0.4 is 0 Å². The van der Waals surface area contributed by atoms with E-state index in [-0.39, 0.29) is 0 Å². The molecule has 6 heteroatoms. The number of fused-ring (bicyclic) bond motifs is 3. The number of H-pyrrole nitrogens is 2. The number of nitrogens with zero attached hydrogens (tertiary/aromatic N) is 3. The van der Waals surface area contributed by atoms with Crippen molar-refractivity contribution in [2.45, 2.75) is 6.92 Å². The van der Waals surface area contributed by atoms with E-state index in [1.54, 1.807) is 0 Å². The molecule has 2 aromatic heterocycles. The normalized spacial score (nSPS) is 11.5. The van der Waals surface area contributed by atoms with Crippen LogP contribution in [0.5, 0.6) is 0 Å². The first-order valence-electron chi connectivity index (χ1n) is 6.19. The van der Waals surface area contributed by atoms with Gasteiger partial charge in [0, 0.05) is 21.4 Å². The summed E-state index contributed by atoms with van der Waals surface area (Å²) in [5, 5.41) is 17.2. The van der Waals surface area contributed by atoms with Crippen molar-refractivity contribution in [3.8, 4) is 11.4 Å². The number of tetrazole rings is 1. The minimum Gasteiger partial charge on any atom is -0.354 e. The lowest BCUT2D eigenvalue weighted by molar-refractivity contribution is 0.881. The topological polar surface area (TPSA) is 70.2 Å². The van der Waals surface area contributed by atoms with Crippen LogP contribution >= 0.6 is 11.6 Å². The number of nitrogens with one attached hydrogen (secondary N) is 2. The SMILES string of the molecule is Cc1c(Cl)ccc2c1[nH]c1c(-c3nn[nH]n3)cccc12. The molecular weight excluding hydrogens is 274 g/mol. The predicted octanol–water partition coefficient (Wildman–Crippen LogP) is 3.46. The highest BCUT2D eigenvalue weighted by atomic mass is 35.5. The zero-order valence-electron chi connectivity index (χ0n) is 10.6. The largest absolute Gasteiger partial charge is 0.354 e. The number of halogens is 1. The minimum absolute atomic E-state index is 0.575. The first kappa shape index (κ1) is 11.4. The van der Waals surface area contributed by atoms with Crippen LogP contribution in [0.2, 0.25) is 5.02 Å². The van der Waals surface area contributed by atoms with Crippen molar-refractivity contribution in [2.75, 3.05) is 0 Å². The highest BCUT2D eigenvalue weighted by Gasteiger charge is 2.13. The molecule has 0 saturated heterocycles. The highest BCUT2D eigenvalue weighted by Crippen LogP contribution is 2.34. The summed E-state index contributed by atoms with van der Waals surface area (Å²) in [6, 6.07) is 9.99. The fraction of sp³-hybridized carbons (Fsp3) is 0.0714. The third-order valence-corrected chi connectivity index (χ3v) is 4.00. The van der Waals surface area contributed by atoms with E-state index in [1.807, 2.05) is 31.2 Å². The number of hydrogen-bond acceptors (Lipinski definition) is 3. The summed E-state index contributed by atoms with van der Waals surface area (Å²) in [6.45, 7) is 2.01. The van der Waals surface area contributed by atoms with Gasteiger partial charge in [0.1, 0.15) is 0 Å². The molecule has 0 aliphatic carbocycles. The van der Waals surface area contributed by atoms with E-state index in [0.29, 0.717) is 5.82 Å². The minimum atomic E-state index is 0.575. The van der Waals surface area contributed by atoms with Gasteiger partial charge in [-0.15, -0.1) is 10.2 Å². The molecule has 0 saturated carbocycles. The van der Waals surface area contributed by atoms with Gasteiger partial charge in [-0.1, -0.05) is 29.8 Å². The number of para-hydroxylation sites is 1. The van der Waals surface area contributed by atoms with Crippen LogP contribution in [0.4, 0.5) is 0 Å². The molecule has 0 amide bonds. The Bertz CT molecular complexity index is 924. The van der Waals surface area contributed by atoms with E-state index >= 15 is 0 Å². The maximum atomic E-state index is 6.19. The zero-order valence-corrected chi connectivity index (χ0v) is 11.4. The molecule has 0 bridgehead atoms. The van der Waals surface area contributed by atoms with Crippen LogP contribution in [0.25, 0.3) is 33.2 Å². The number of benzene rings is 2. The van der Waals surface area contributed by atoms with Crippen molar-refractivity contribution in [1.29, 1.82) is 0 Å². The Kier molecular flexibility index (Phi) is 2.31. The van der Waals surface area contributed by atoms with E-state index in [0.717, 1.165) is 38.0 Å². The number of aromatic amines is 2. The van der Waals surface area contributed by atoms with Crippen LogP contribution in [-0.2, 0) is 0 Å². The summed E-state index contributed by atoms with van der Waals surface area (Å²) in [7, 11) is 0. The summed E-state index contributed by atoms with van der Waals surface area (Å²) in [5.41, 5.74) is 4.00. The lowest BCUT2D eigenvalue weighted by Crippen LogP contribution is -1.83. The average molecular weight is 284 g/mol. The molecule has 2 heterocycles. The second kappa shape index (κ2) is 4.05. The van der Waals surface area contributed by atoms with Gasteiger partial charge in [-0.3, -0.25) is 0 Å². The van der Waals surface area contributed by atoms with Gasteiger partial charge in [0.2, 0.25) is 5.82 Å². The Morgan fingerprint density at radius 3 is 2.70 bits per heavy atom. The van der Waals surface area contributed by atoms with Crippen molar-refractivity contribution >= 4 is 33.4 Å². The molecule has 0 aliphatic rings. The van der Waals surface area contributed by atoms with E-state index < -0.39 is 0 Å². The maximum Gasteiger partial charge on any atom is 0.206 e. The number of aryl methyl sites for hydroxylation is 1.